The lowest BCUT2D eigenvalue weighted by Crippen LogP contribution is -1.94. The largest absolute Gasteiger partial charge is 0.396 e. The van der Waals surface area contributed by atoms with E-state index in [1.54, 1.807) is 30.9 Å². The van der Waals surface area contributed by atoms with Gasteiger partial charge in [0.25, 0.3) is 0 Å². The minimum absolute atomic E-state index is 0.169. The highest BCUT2D eigenvalue weighted by atomic mass is 32.2. The van der Waals surface area contributed by atoms with Gasteiger partial charge in [-0.15, -0.1) is 11.8 Å². The van der Waals surface area contributed by atoms with Gasteiger partial charge in [-0.05, 0) is 19.1 Å². The summed E-state index contributed by atoms with van der Waals surface area (Å²) in [6, 6.07) is 3.69. The van der Waals surface area contributed by atoms with Gasteiger partial charge in [0.15, 0.2) is 0 Å². The molecule has 1 rings (SSSR count). The van der Waals surface area contributed by atoms with Crippen LogP contribution in [0, 0.1) is 0 Å². The second kappa shape index (κ2) is 5.21. The summed E-state index contributed by atoms with van der Waals surface area (Å²) >= 11 is 1.55. The van der Waals surface area contributed by atoms with Crippen LogP contribution in [-0.2, 0) is 0 Å². The van der Waals surface area contributed by atoms with Gasteiger partial charge < -0.3 is 10.2 Å². The fraction of sp³-hybridized carbons (Fsp3) is 0.444. The number of thioether (sulfide) groups is 1. The molecule has 2 N–H and O–H groups in total. The van der Waals surface area contributed by atoms with Gasteiger partial charge in [-0.2, -0.15) is 0 Å². The summed E-state index contributed by atoms with van der Waals surface area (Å²) in [6.45, 7) is 1.85. The van der Waals surface area contributed by atoms with Gasteiger partial charge in [0.05, 0.1) is 18.4 Å². The van der Waals surface area contributed by atoms with E-state index in [0.29, 0.717) is 11.4 Å². The number of aliphatic hydroxyl groups excluding tert-OH is 2. The zero-order valence-electron chi connectivity index (χ0n) is 7.47. The van der Waals surface area contributed by atoms with Gasteiger partial charge in [-0.3, -0.25) is 4.98 Å². The molecule has 72 valence electrons. The molecule has 0 radical (unpaired) electrons. The van der Waals surface area contributed by atoms with Crippen molar-refractivity contribution in [2.45, 2.75) is 17.9 Å². The van der Waals surface area contributed by atoms with Crippen LogP contribution in [-0.4, -0.2) is 27.6 Å². The first-order valence-corrected chi connectivity index (χ1v) is 5.10. The van der Waals surface area contributed by atoms with Crippen molar-refractivity contribution in [2.75, 3.05) is 12.4 Å². The fourth-order valence-electron chi connectivity index (χ4n) is 0.888. The highest BCUT2D eigenvalue weighted by molar-refractivity contribution is 7.99. The Bertz CT molecular complexity index is 248. The zero-order valence-corrected chi connectivity index (χ0v) is 8.29. The van der Waals surface area contributed by atoms with Crippen LogP contribution in [0.5, 0.6) is 0 Å². The van der Waals surface area contributed by atoms with E-state index in [9.17, 15) is 5.11 Å². The zero-order chi connectivity index (χ0) is 9.68. The lowest BCUT2D eigenvalue weighted by molar-refractivity contribution is 0.194. The molecule has 0 saturated heterocycles. The maximum atomic E-state index is 9.18. The molecule has 0 aliphatic rings. The van der Waals surface area contributed by atoms with Crippen molar-refractivity contribution in [2.24, 2.45) is 0 Å². The molecule has 0 saturated carbocycles. The second-order valence-electron chi connectivity index (χ2n) is 2.67. The number of hydrogen-bond acceptors (Lipinski definition) is 4. The summed E-state index contributed by atoms with van der Waals surface area (Å²) in [6.07, 6.45) is 1.19. The predicted molar refractivity (Wildman–Crippen MR) is 52.7 cm³/mol. The summed E-state index contributed by atoms with van der Waals surface area (Å²) in [5.74, 6) is 0.676. The van der Waals surface area contributed by atoms with Crippen LogP contribution >= 0.6 is 11.8 Å². The predicted octanol–water partition coefficient (Wildman–Crippen LogP) is 1.22. The van der Waals surface area contributed by atoms with E-state index in [-0.39, 0.29) is 6.61 Å². The molecule has 4 heteroatoms. The number of aliphatic hydroxyl groups is 2. The highest BCUT2D eigenvalue weighted by Gasteiger charge is 2.01. The van der Waals surface area contributed by atoms with E-state index in [4.69, 9.17) is 5.11 Å². The minimum atomic E-state index is -0.517. The lowest BCUT2D eigenvalue weighted by Gasteiger charge is -2.04. The van der Waals surface area contributed by atoms with Crippen molar-refractivity contribution in [3.8, 4) is 0 Å². The van der Waals surface area contributed by atoms with Crippen LogP contribution < -0.4 is 0 Å². The molecule has 0 aromatic carbocycles. The number of hydrogen-bond donors (Lipinski definition) is 2. The Hall–Kier alpha value is -0.580. The Morgan fingerprint density at radius 1 is 1.54 bits per heavy atom. The normalized spacial score (nSPS) is 12.8. The van der Waals surface area contributed by atoms with Crippen LogP contribution in [0.1, 0.15) is 18.7 Å². The highest BCUT2D eigenvalue weighted by Crippen LogP contribution is 2.18. The Kier molecular flexibility index (Phi) is 4.21. The number of pyridine rings is 1. The minimum Gasteiger partial charge on any atom is -0.396 e. The third-order valence-corrected chi connectivity index (χ3v) is 2.51. The Balaban J connectivity index is 2.59. The van der Waals surface area contributed by atoms with Crippen LogP contribution in [0.3, 0.4) is 0 Å². The Morgan fingerprint density at radius 3 is 2.77 bits per heavy atom. The summed E-state index contributed by atoms with van der Waals surface area (Å²) < 4.78 is 0. The molecule has 0 spiro atoms. The number of rotatable bonds is 4. The topological polar surface area (TPSA) is 53.4 Å². The van der Waals surface area contributed by atoms with Gasteiger partial charge in [-0.25, -0.2) is 0 Å². The van der Waals surface area contributed by atoms with E-state index in [0.717, 1.165) is 4.90 Å². The van der Waals surface area contributed by atoms with E-state index in [1.165, 1.54) is 0 Å². The van der Waals surface area contributed by atoms with Gasteiger partial charge >= 0.3 is 0 Å². The van der Waals surface area contributed by atoms with E-state index >= 15 is 0 Å². The van der Waals surface area contributed by atoms with Crippen molar-refractivity contribution in [3.63, 3.8) is 0 Å². The van der Waals surface area contributed by atoms with Gasteiger partial charge in [-0.1, -0.05) is 0 Å². The monoisotopic (exact) mass is 199 g/mol. The van der Waals surface area contributed by atoms with Crippen molar-refractivity contribution >= 4 is 11.8 Å². The first kappa shape index (κ1) is 10.5. The molecule has 0 aliphatic heterocycles. The third-order valence-electron chi connectivity index (χ3n) is 1.55. The molecule has 0 amide bonds. The van der Waals surface area contributed by atoms with Gasteiger partial charge in [0.2, 0.25) is 0 Å². The molecule has 1 aromatic heterocycles. The summed E-state index contributed by atoms with van der Waals surface area (Å²) in [4.78, 5) is 5.09. The molecule has 0 bridgehead atoms. The van der Waals surface area contributed by atoms with Gasteiger partial charge in [0, 0.05) is 16.8 Å². The van der Waals surface area contributed by atoms with Crippen LogP contribution in [0.25, 0.3) is 0 Å². The van der Waals surface area contributed by atoms with Crippen molar-refractivity contribution in [1.29, 1.82) is 0 Å². The van der Waals surface area contributed by atoms with E-state index in [1.807, 2.05) is 6.07 Å². The number of nitrogens with zero attached hydrogens (tertiary/aromatic N) is 1. The molecule has 13 heavy (non-hydrogen) atoms. The first-order valence-electron chi connectivity index (χ1n) is 4.11. The van der Waals surface area contributed by atoms with Crippen LogP contribution in [0.15, 0.2) is 23.2 Å². The van der Waals surface area contributed by atoms with Crippen molar-refractivity contribution < 1.29 is 10.2 Å². The van der Waals surface area contributed by atoms with Crippen LogP contribution in [0.2, 0.25) is 0 Å². The first-order chi connectivity index (χ1) is 6.24. The standard InChI is InChI=1S/C9H13NO2S/c1-7(12)9-3-2-8(6-10-9)13-5-4-11/h2-3,6-7,11-12H,4-5H2,1H3. The second-order valence-corrected chi connectivity index (χ2v) is 3.84. The Morgan fingerprint density at radius 2 is 2.31 bits per heavy atom. The van der Waals surface area contributed by atoms with Crippen LogP contribution in [0.4, 0.5) is 0 Å². The molecule has 0 aliphatic carbocycles. The lowest BCUT2D eigenvalue weighted by atomic mass is 10.2. The molecule has 0 fully saturated rings. The summed E-state index contributed by atoms with van der Waals surface area (Å²) in [5, 5.41) is 17.8. The summed E-state index contributed by atoms with van der Waals surface area (Å²) in [7, 11) is 0. The molecule has 1 aromatic rings. The van der Waals surface area contributed by atoms with Crippen molar-refractivity contribution in [3.05, 3.63) is 24.0 Å². The maximum Gasteiger partial charge on any atom is 0.0931 e. The molecular formula is C9H13NO2S. The quantitative estimate of drug-likeness (QED) is 0.716. The maximum absolute atomic E-state index is 9.18. The third kappa shape index (κ3) is 3.34. The molecule has 3 nitrogen and oxygen atoms in total. The number of aromatic nitrogens is 1. The molecule has 1 heterocycles. The molecule has 1 unspecified atom stereocenters. The SMILES string of the molecule is CC(O)c1ccc(SCCO)cn1. The molecule has 1 atom stereocenters. The fourth-order valence-corrected chi connectivity index (χ4v) is 1.51. The smallest absolute Gasteiger partial charge is 0.0931 e. The molecular weight excluding hydrogens is 186 g/mol. The van der Waals surface area contributed by atoms with Gasteiger partial charge in [0.1, 0.15) is 0 Å². The Labute approximate surface area is 81.8 Å². The summed E-state index contributed by atoms with van der Waals surface area (Å²) in [5.41, 5.74) is 0.674. The van der Waals surface area contributed by atoms with E-state index in [2.05, 4.69) is 4.98 Å². The van der Waals surface area contributed by atoms with Crippen molar-refractivity contribution in [1.82, 2.24) is 4.98 Å². The average molecular weight is 199 g/mol. The van der Waals surface area contributed by atoms with E-state index < -0.39 is 6.10 Å². The average Bonchev–Trinajstić information content (AvgIpc) is 2.15.